The number of ether oxygens (including phenoxy) is 1. The Labute approximate surface area is 110 Å². The average Bonchev–Trinajstić information content (AvgIpc) is 2.82. The van der Waals surface area contributed by atoms with Crippen LogP contribution in [0.4, 0.5) is 0 Å². The van der Waals surface area contributed by atoms with Crippen molar-refractivity contribution in [2.24, 2.45) is 11.8 Å². The predicted octanol–water partition coefficient (Wildman–Crippen LogP) is 1.26. The van der Waals surface area contributed by atoms with Gasteiger partial charge in [-0.15, -0.1) is 0 Å². The van der Waals surface area contributed by atoms with Crippen molar-refractivity contribution in [2.75, 3.05) is 32.8 Å². The smallest absolute Gasteiger partial charge is 0.251 e. The van der Waals surface area contributed by atoms with Gasteiger partial charge in [0.05, 0.1) is 0 Å². The Bertz CT molecular complexity index is 277. The van der Waals surface area contributed by atoms with E-state index in [4.69, 9.17) is 4.74 Å². The molecule has 2 fully saturated rings. The lowest BCUT2D eigenvalue weighted by Gasteiger charge is -2.31. The predicted molar refractivity (Wildman–Crippen MR) is 71.4 cm³/mol. The van der Waals surface area contributed by atoms with E-state index in [9.17, 15) is 4.79 Å². The first-order chi connectivity index (χ1) is 8.72. The summed E-state index contributed by atoms with van der Waals surface area (Å²) in [6.45, 7) is 8.81. The maximum atomic E-state index is 12.4. The van der Waals surface area contributed by atoms with Gasteiger partial charge in [0.1, 0.15) is 6.10 Å². The molecule has 0 aromatic heterocycles. The van der Waals surface area contributed by atoms with Gasteiger partial charge >= 0.3 is 0 Å². The Hall–Kier alpha value is -0.610. The molecule has 2 heterocycles. The number of hydrogen-bond acceptors (Lipinski definition) is 3. The average molecular weight is 254 g/mol. The molecule has 2 aliphatic rings. The van der Waals surface area contributed by atoms with Crippen LogP contribution < -0.4 is 5.32 Å². The molecule has 2 aliphatic heterocycles. The minimum atomic E-state index is -0.188. The minimum absolute atomic E-state index is 0.188. The molecule has 0 aromatic carbocycles. The summed E-state index contributed by atoms with van der Waals surface area (Å²) in [5.74, 6) is 1.24. The third-order valence-electron chi connectivity index (χ3n) is 4.26. The highest BCUT2D eigenvalue weighted by Gasteiger charge is 2.34. The fourth-order valence-electron chi connectivity index (χ4n) is 2.94. The van der Waals surface area contributed by atoms with Crippen molar-refractivity contribution in [2.45, 2.75) is 39.2 Å². The van der Waals surface area contributed by atoms with Gasteiger partial charge < -0.3 is 15.0 Å². The molecular formula is C14H26N2O2. The van der Waals surface area contributed by atoms with Crippen LogP contribution in [0.3, 0.4) is 0 Å². The zero-order valence-corrected chi connectivity index (χ0v) is 11.7. The molecule has 1 amide bonds. The molecule has 4 heteroatoms. The van der Waals surface area contributed by atoms with E-state index >= 15 is 0 Å². The second-order valence-corrected chi connectivity index (χ2v) is 5.63. The van der Waals surface area contributed by atoms with Crippen LogP contribution in [0.5, 0.6) is 0 Å². The van der Waals surface area contributed by atoms with Crippen molar-refractivity contribution >= 4 is 5.91 Å². The molecule has 2 saturated heterocycles. The second-order valence-electron chi connectivity index (χ2n) is 5.63. The molecule has 1 N–H and O–H groups in total. The molecule has 2 unspecified atom stereocenters. The Morgan fingerprint density at radius 2 is 2.06 bits per heavy atom. The van der Waals surface area contributed by atoms with E-state index in [1.807, 2.05) is 4.90 Å². The highest BCUT2D eigenvalue weighted by Crippen LogP contribution is 2.23. The van der Waals surface area contributed by atoms with Crippen molar-refractivity contribution in [3.05, 3.63) is 0 Å². The Balaban J connectivity index is 1.88. The largest absolute Gasteiger partial charge is 0.368 e. The molecule has 18 heavy (non-hydrogen) atoms. The minimum Gasteiger partial charge on any atom is -0.368 e. The quantitative estimate of drug-likeness (QED) is 0.821. The van der Waals surface area contributed by atoms with Crippen LogP contribution in [0, 0.1) is 11.8 Å². The monoisotopic (exact) mass is 254 g/mol. The number of carbonyl (C=O) groups is 1. The van der Waals surface area contributed by atoms with E-state index in [1.165, 1.54) is 12.8 Å². The fraction of sp³-hybridized carbons (Fsp3) is 0.929. The maximum Gasteiger partial charge on any atom is 0.251 e. The van der Waals surface area contributed by atoms with Gasteiger partial charge in [-0.05, 0) is 51.1 Å². The van der Waals surface area contributed by atoms with Crippen molar-refractivity contribution in [1.29, 1.82) is 0 Å². The molecule has 0 bridgehead atoms. The summed E-state index contributed by atoms with van der Waals surface area (Å²) in [5, 5.41) is 3.37. The first-order valence-electron chi connectivity index (χ1n) is 7.33. The molecular weight excluding hydrogens is 228 g/mol. The summed E-state index contributed by atoms with van der Waals surface area (Å²) >= 11 is 0. The Kier molecular flexibility index (Phi) is 5.01. The molecule has 0 aliphatic carbocycles. The van der Waals surface area contributed by atoms with E-state index < -0.39 is 0 Å². The van der Waals surface area contributed by atoms with Crippen molar-refractivity contribution < 1.29 is 9.53 Å². The number of amides is 1. The van der Waals surface area contributed by atoms with Crippen molar-refractivity contribution in [1.82, 2.24) is 10.2 Å². The van der Waals surface area contributed by atoms with E-state index in [0.717, 1.165) is 39.2 Å². The topological polar surface area (TPSA) is 41.6 Å². The maximum absolute atomic E-state index is 12.4. The Morgan fingerprint density at radius 1 is 1.33 bits per heavy atom. The summed E-state index contributed by atoms with van der Waals surface area (Å²) in [6, 6.07) is 0. The summed E-state index contributed by atoms with van der Waals surface area (Å²) in [5.41, 5.74) is 0. The van der Waals surface area contributed by atoms with Crippen LogP contribution in [0.1, 0.15) is 33.1 Å². The Morgan fingerprint density at radius 3 is 2.61 bits per heavy atom. The van der Waals surface area contributed by atoms with Crippen LogP contribution in [0.15, 0.2) is 0 Å². The summed E-state index contributed by atoms with van der Waals surface area (Å²) in [7, 11) is 0. The van der Waals surface area contributed by atoms with Gasteiger partial charge in [0.15, 0.2) is 0 Å². The molecule has 0 spiro atoms. The lowest BCUT2D eigenvalue weighted by atomic mass is 9.96. The lowest BCUT2D eigenvalue weighted by Crippen LogP contribution is -2.45. The summed E-state index contributed by atoms with van der Waals surface area (Å²) < 4.78 is 5.60. The van der Waals surface area contributed by atoms with Crippen molar-refractivity contribution in [3.8, 4) is 0 Å². The molecule has 0 radical (unpaired) electrons. The number of rotatable bonds is 4. The number of nitrogens with one attached hydrogen (secondary N) is 1. The normalized spacial score (nSPS) is 29.4. The fourth-order valence-corrected chi connectivity index (χ4v) is 2.94. The standard InChI is InChI=1S/C14H26N2O2/c1-3-16(10-12-4-7-15-8-5-12)14(17)13-11(2)6-9-18-13/h11-13,15H,3-10H2,1-2H3. The van der Waals surface area contributed by atoms with Crippen molar-refractivity contribution in [3.63, 3.8) is 0 Å². The number of nitrogens with zero attached hydrogens (tertiary/aromatic N) is 1. The second kappa shape index (κ2) is 6.53. The number of carbonyl (C=O) groups excluding carboxylic acids is 1. The summed E-state index contributed by atoms with van der Waals surface area (Å²) in [4.78, 5) is 14.4. The first kappa shape index (κ1) is 13.8. The van der Waals surface area contributed by atoms with E-state index in [-0.39, 0.29) is 12.0 Å². The van der Waals surface area contributed by atoms with Crippen LogP contribution in [0.25, 0.3) is 0 Å². The molecule has 2 atom stereocenters. The van der Waals surface area contributed by atoms with Crippen LogP contribution >= 0.6 is 0 Å². The molecule has 104 valence electrons. The zero-order valence-electron chi connectivity index (χ0n) is 11.7. The van der Waals surface area contributed by atoms with Gasteiger partial charge in [0, 0.05) is 19.7 Å². The van der Waals surface area contributed by atoms with E-state index in [0.29, 0.717) is 11.8 Å². The van der Waals surface area contributed by atoms with Crippen LogP contribution in [-0.2, 0) is 9.53 Å². The van der Waals surface area contributed by atoms with Crippen LogP contribution in [0.2, 0.25) is 0 Å². The third-order valence-corrected chi connectivity index (χ3v) is 4.26. The molecule has 4 nitrogen and oxygen atoms in total. The SMILES string of the molecule is CCN(CC1CCNCC1)C(=O)C1OCCC1C. The number of piperidine rings is 1. The van der Waals surface area contributed by atoms with Crippen LogP contribution in [-0.4, -0.2) is 49.7 Å². The van der Waals surface area contributed by atoms with Gasteiger partial charge in [0.2, 0.25) is 0 Å². The molecule has 2 rings (SSSR count). The van der Waals surface area contributed by atoms with Gasteiger partial charge in [-0.25, -0.2) is 0 Å². The van der Waals surface area contributed by atoms with Gasteiger partial charge in [-0.3, -0.25) is 4.79 Å². The highest BCUT2D eigenvalue weighted by molar-refractivity contribution is 5.81. The molecule has 0 saturated carbocycles. The van der Waals surface area contributed by atoms with E-state index in [1.54, 1.807) is 0 Å². The van der Waals surface area contributed by atoms with Gasteiger partial charge in [-0.1, -0.05) is 6.92 Å². The number of hydrogen-bond donors (Lipinski definition) is 1. The number of likely N-dealkylation sites (N-methyl/N-ethyl adjacent to an activating group) is 1. The summed E-state index contributed by atoms with van der Waals surface area (Å²) in [6.07, 6.45) is 3.20. The first-order valence-corrected chi connectivity index (χ1v) is 7.33. The van der Waals surface area contributed by atoms with Gasteiger partial charge in [-0.2, -0.15) is 0 Å². The third kappa shape index (κ3) is 3.23. The lowest BCUT2D eigenvalue weighted by molar-refractivity contribution is -0.143. The highest BCUT2D eigenvalue weighted by atomic mass is 16.5. The zero-order chi connectivity index (χ0) is 13.0. The van der Waals surface area contributed by atoms with Gasteiger partial charge in [0.25, 0.3) is 5.91 Å². The van der Waals surface area contributed by atoms with E-state index in [2.05, 4.69) is 19.2 Å². The molecule has 0 aromatic rings.